The van der Waals surface area contributed by atoms with Gasteiger partial charge in [0.05, 0.1) is 11.7 Å². The highest BCUT2D eigenvalue weighted by molar-refractivity contribution is 5.98. The second-order valence-corrected chi connectivity index (χ2v) is 5.62. The first-order chi connectivity index (χ1) is 11.6. The van der Waals surface area contributed by atoms with E-state index in [4.69, 9.17) is 4.74 Å². The Labute approximate surface area is 140 Å². The molecule has 1 aromatic heterocycles. The van der Waals surface area contributed by atoms with Crippen molar-refractivity contribution in [1.29, 1.82) is 0 Å². The number of ether oxygens (including phenoxy) is 1. The fourth-order valence-corrected chi connectivity index (χ4v) is 2.66. The Morgan fingerprint density at radius 1 is 1.29 bits per heavy atom. The molecule has 0 bridgehead atoms. The molecule has 24 heavy (non-hydrogen) atoms. The fourth-order valence-electron chi connectivity index (χ4n) is 2.66. The summed E-state index contributed by atoms with van der Waals surface area (Å²) in [4.78, 5) is 29.8. The van der Waals surface area contributed by atoms with Crippen molar-refractivity contribution >= 4 is 17.5 Å². The highest BCUT2D eigenvalue weighted by Crippen LogP contribution is 2.31. The molecular weight excluding hydrogens is 306 g/mol. The number of carbonyl (C=O) groups is 2. The van der Waals surface area contributed by atoms with Crippen molar-refractivity contribution in [2.24, 2.45) is 0 Å². The highest BCUT2D eigenvalue weighted by Gasteiger charge is 2.25. The van der Waals surface area contributed by atoms with Gasteiger partial charge in [0.1, 0.15) is 5.75 Å². The maximum atomic E-state index is 12.2. The number of fused-ring (bicyclic) bond motifs is 1. The van der Waals surface area contributed by atoms with E-state index in [-0.39, 0.29) is 30.9 Å². The van der Waals surface area contributed by atoms with Gasteiger partial charge in [-0.2, -0.15) is 0 Å². The molecule has 0 radical (unpaired) electrons. The van der Waals surface area contributed by atoms with Gasteiger partial charge in [0.25, 0.3) is 5.91 Å². The van der Waals surface area contributed by atoms with Crippen LogP contribution in [0.15, 0.2) is 48.8 Å². The summed E-state index contributed by atoms with van der Waals surface area (Å²) in [5, 5.41) is 2.94. The lowest BCUT2D eigenvalue weighted by molar-refractivity contribution is -0.122. The molecular formula is C18H19N3O3. The molecule has 0 spiro atoms. The maximum Gasteiger partial charge on any atom is 0.265 e. The van der Waals surface area contributed by atoms with Gasteiger partial charge in [-0.25, -0.2) is 0 Å². The predicted molar refractivity (Wildman–Crippen MR) is 89.7 cm³/mol. The average Bonchev–Trinajstić information content (AvgIpc) is 2.61. The molecule has 2 aromatic rings. The van der Waals surface area contributed by atoms with Gasteiger partial charge in [-0.1, -0.05) is 12.1 Å². The fraction of sp³-hybridized carbons (Fsp3) is 0.278. The van der Waals surface area contributed by atoms with Crippen molar-refractivity contribution in [2.75, 3.05) is 18.1 Å². The second kappa shape index (κ2) is 7.12. The van der Waals surface area contributed by atoms with Gasteiger partial charge in [-0.15, -0.1) is 0 Å². The average molecular weight is 325 g/mol. The van der Waals surface area contributed by atoms with Crippen molar-refractivity contribution in [3.63, 3.8) is 0 Å². The van der Waals surface area contributed by atoms with E-state index < -0.39 is 0 Å². The number of carbonyl (C=O) groups excluding carboxylic acids is 2. The van der Waals surface area contributed by atoms with Crippen molar-refractivity contribution in [3.05, 3.63) is 54.4 Å². The highest BCUT2D eigenvalue weighted by atomic mass is 16.5. The first kappa shape index (κ1) is 16.0. The summed E-state index contributed by atoms with van der Waals surface area (Å²) in [6.07, 6.45) is 3.62. The van der Waals surface area contributed by atoms with Crippen LogP contribution in [0.5, 0.6) is 5.75 Å². The molecule has 1 aliphatic heterocycles. The molecule has 1 unspecified atom stereocenters. The van der Waals surface area contributed by atoms with E-state index >= 15 is 0 Å². The monoisotopic (exact) mass is 325 g/mol. The van der Waals surface area contributed by atoms with Crippen molar-refractivity contribution in [2.45, 2.75) is 19.4 Å². The SMILES string of the molecule is CC(NC(=O)CCN1C(=O)COc2ccccc21)c1ccncc1. The zero-order valence-corrected chi connectivity index (χ0v) is 13.4. The van der Waals surface area contributed by atoms with Gasteiger partial charge in [0, 0.05) is 25.4 Å². The molecule has 0 saturated carbocycles. The molecule has 1 aromatic carbocycles. The number of amides is 2. The summed E-state index contributed by atoms with van der Waals surface area (Å²) in [6, 6.07) is 11.0. The van der Waals surface area contributed by atoms with Gasteiger partial charge >= 0.3 is 0 Å². The minimum absolute atomic E-state index is 0.00600. The van der Waals surface area contributed by atoms with E-state index in [0.717, 1.165) is 5.56 Å². The van der Waals surface area contributed by atoms with Crippen LogP contribution in [0.4, 0.5) is 5.69 Å². The minimum atomic E-state index is -0.135. The molecule has 6 nitrogen and oxygen atoms in total. The predicted octanol–water partition coefficient (Wildman–Crippen LogP) is 2.07. The summed E-state index contributed by atoms with van der Waals surface area (Å²) < 4.78 is 5.40. The number of benzene rings is 1. The van der Waals surface area contributed by atoms with Gasteiger partial charge in [-0.3, -0.25) is 14.6 Å². The largest absolute Gasteiger partial charge is 0.482 e. The van der Waals surface area contributed by atoms with E-state index in [9.17, 15) is 9.59 Å². The zero-order chi connectivity index (χ0) is 16.9. The number of rotatable bonds is 5. The molecule has 1 atom stereocenters. The number of hydrogen-bond donors (Lipinski definition) is 1. The normalized spacial score (nSPS) is 14.5. The Bertz CT molecular complexity index is 733. The van der Waals surface area contributed by atoms with Crippen molar-refractivity contribution < 1.29 is 14.3 Å². The maximum absolute atomic E-state index is 12.2. The van der Waals surface area contributed by atoms with Gasteiger partial charge in [-0.05, 0) is 36.8 Å². The minimum Gasteiger partial charge on any atom is -0.482 e. The van der Waals surface area contributed by atoms with Crippen LogP contribution in [-0.4, -0.2) is 29.9 Å². The third-order valence-corrected chi connectivity index (χ3v) is 3.95. The second-order valence-electron chi connectivity index (χ2n) is 5.62. The van der Waals surface area contributed by atoms with E-state index in [2.05, 4.69) is 10.3 Å². The Kier molecular flexibility index (Phi) is 4.74. The van der Waals surface area contributed by atoms with E-state index in [1.807, 2.05) is 43.3 Å². The van der Waals surface area contributed by atoms with Crippen molar-refractivity contribution in [1.82, 2.24) is 10.3 Å². The number of nitrogens with one attached hydrogen (secondary N) is 1. The van der Waals surface area contributed by atoms with Crippen LogP contribution in [0.1, 0.15) is 24.9 Å². The molecule has 6 heteroatoms. The summed E-state index contributed by atoms with van der Waals surface area (Å²) in [5.74, 6) is 0.433. The standard InChI is InChI=1S/C18H19N3O3/c1-13(14-6-9-19-10-7-14)20-17(22)8-11-21-15-4-2-3-5-16(15)24-12-18(21)23/h2-7,9-10,13H,8,11-12H2,1H3,(H,20,22). The molecule has 3 rings (SSSR count). The molecule has 2 heterocycles. The van der Waals surface area contributed by atoms with E-state index in [0.29, 0.717) is 18.0 Å². The van der Waals surface area contributed by atoms with Crippen LogP contribution >= 0.6 is 0 Å². The van der Waals surface area contributed by atoms with Crippen LogP contribution in [-0.2, 0) is 9.59 Å². The van der Waals surface area contributed by atoms with Crippen LogP contribution in [0.3, 0.4) is 0 Å². The molecule has 124 valence electrons. The third kappa shape index (κ3) is 3.53. The third-order valence-electron chi connectivity index (χ3n) is 3.95. The first-order valence-corrected chi connectivity index (χ1v) is 7.86. The molecule has 1 aliphatic rings. The lowest BCUT2D eigenvalue weighted by atomic mass is 10.1. The molecule has 0 fully saturated rings. The summed E-state index contributed by atoms with van der Waals surface area (Å²) in [6.45, 7) is 2.25. The van der Waals surface area contributed by atoms with Crippen LogP contribution in [0.2, 0.25) is 0 Å². The Balaban J connectivity index is 1.59. The Morgan fingerprint density at radius 2 is 2.04 bits per heavy atom. The molecule has 0 aliphatic carbocycles. The molecule has 0 saturated heterocycles. The molecule has 1 N–H and O–H groups in total. The number of nitrogens with zero attached hydrogens (tertiary/aromatic N) is 2. The Morgan fingerprint density at radius 3 is 2.83 bits per heavy atom. The Hall–Kier alpha value is -2.89. The summed E-state index contributed by atoms with van der Waals surface area (Å²) >= 11 is 0. The van der Waals surface area contributed by atoms with Crippen LogP contribution in [0, 0.1) is 0 Å². The van der Waals surface area contributed by atoms with E-state index in [1.54, 1.807) is 17.3 Å². The molecule has 2 amide bonds. The smallest absolute Gasteiger partial charge is 0.265 e. The summed E-state index contributed by atoms with van der Waals surface area (Å²) in [5.41, 5.74) is 1.70. The van der Waals surface area contributed by atoms with Gasteiger partial charge < -0.3 is 15.0 Å². The van der Waals surface area contributed by atoms with Gasteiger partial charge in [0.15, 0.2) is 6.61 Å². The lowest BCUT2D eigenvalue weighted by Gasteiger charge is -2.29. The number of aromatic nitrogens is 1. The van der Waals surface area contributed by atoms with E-state index in [1.165, 1.54) is 0 Å². The topological polar surface area (TPSA) is 71.5 Å². The first-order valence-electron chi connectivity index (χ1n) is 7.86. The quantitative estimate of drug-likeness (QED) is 0.913. The van der Waals surface area contributed by atoms with Crippen molar-refractivity contribution in [3.8, 4) is 5.75 Å². The van der Waals surface area contributed by atoms with Crippen LogP contribution in [0.25, 0.3) is 0 Å². The number of anilines is 1. The number of hydrogen-bond acceptors (Lipinski definition) is 4. The van der Waals surface area contributed by atoms with Gasteiger partial charge in [0.2, 0.25) is 5.91 Å². The van der Waals surface area contributed by atoms with Crippen LogP contribution < -0.4 is 15.0 Å². The zero-order valence-electron chi connectivity index (χ0n) is 13.4. The number of pyridine rings is 1. The lowest BCUT2D eigenvalue weighted by Crippen LogP contribution is -2.41. The summed E-state index contributed by atoms with van der Waals surface area (Å²) in [7, 11) is 0. The number of para-hydroxylation sites is 2.